The summed E-state index contributed by atoms with van der Waals surface area (Å²) in [5, 5.41) is 10.6. The molecule has 1 saturated heterocycles. The largest absolute Gasteiger partial charge is 0.504 e. The average Bonchev–Trinajstić information content (AvgIpc) is 2.93. The van der Waals surface area contributed by atoms with Gasteiger partial charge < -0.3 is 14.7 Å². The Bertz CT molecular complexity index is 664. The summed E-state index contributed by atoms with van der Waals surface area (Å²) < 4.78 is 5.38. The summed E-state index contributed by atoms with van der Waals surface area (Å²) in [6.07, 6.45) is 5.36. The number of benzene rings is 1. The molecule has 5 nitrogen and oxygen atoms in total. The number of rotatable bonds is 3. The Morgan fingerprint density at radius 3 is 2.87 bits per heavy atom. The van der Waals surface area contributed by atoms with Crippen LogP contribution in [0.2, 0.25) is 0 Å². The van der Waals surface area contributed by atoms with Crippen molar-refractivity contribution in [3.8, 4) is 11.5 Å². The highest BCUT2D eigenvalue weighted by Crippen LogP contribution is 2.33. The summed E-state index contributed by atoms with van der Waals surface area (Å²) in [5.74, 6) is 0.334. The van der Waals surface area contributed by atoms with Gasteiger partial charge in [0.2, 0.25) is 0 Å². The fraction of sp³-hybridized carbons (Fsp3) is 0.412. The van der Waals surface area contributed by atoms with Crippen LogP contribution < -0.4 is 4.74 Å². The van der Waals surface area contributed by atoms with Crippen LogP contribution in [0.15, 0.2) is 28.1 Å². The molecule has 3 rings (SSSR count). The zero-order valence-electron chi connectivity index (χ0n) is 13.1. The normalized spacial score (nSPS) is 20.0. The third-order valence-electron chi connectivity index (χ3n) is 3.82. The van der Waals surface area contributed by atoms with Gasteiger partial charge in [0.15, 0.2) is 16.7 Å². The second kappa shape index (κ2) is 7.08. The van der Waals surface area contributed by atoms with Crippen LogP contribution in [0.25, 0.3) is 6.08 Å². The van der Waals surface area contributed by atoms with Crippen molar-refractivity contribution >= 4 is 28.9 Å². The van der Waals surface area contributed by atoms with Crippen LogP contribution in [0, 0.1) is 0 Å². The van der Waals surface area contributed by atoms with Crippen molar-refractivity contribution in [2.45, 2.75) is 26.2 Å². The zero-order chi connectivity index (χ0) is 16.2. The van der Waals surface area contributed by atoms with E-state index < -0.39 is 0 Å². The molecule has 1 fully saturated rings. The molecule has 2 aliphatic heterocycles. The molecule has 122 valence electrons. The van der Waals surface area contributed by atoms with Gasteiger partial charge in [-0.2, -0.15) is 4.99 Å². The Hall–Kier alpha value is -1.95. The number of carbonyl (C=O) groups is 1. The Balaban J connectivity index is 1.76. The summed E-state index contributed by atoms with van der Waals surface area (Å²) in [4.78, 5) is 19.1. The van der Waals surface area contributed by atoms with Crippen LogP contribution >= 0.6 is 11.8 Å². The van der Waals surface area contributed by atoms with Gasteiger partial charge in [0.05, 0.1) is 11.5 Å². The number of likely N-dealkylation sites (tertiary alicyclic amines) is 1. The number of aliphatic imine (C=N–C) groups is 1. The topological polar surface area (TPSA) is 62.1 Å². The molecule has 1 amide bonds. The Morgan fingerprint density at radius 1 is 1.35 bits per heavy atom. The number of amidine groups is 1. The molecule has 1 aromatic carbocycles. The van der Waals surface area contributed by atoms with E-state index in [-0.39, 0.29) is 11.7 Å². The molecule has 0 atom stereocenters. The molecule has 0 bridgehead atoms. The molecule has 2 heterocycles. The number of nitrogens with zero attached hydrogens (tertiary/aromatic N) is 2. The minimum absolute atomic E-state index is 0.102. The van der Waals surface area contributed by atoms with Crippen LogP contribution in [0.1, 0.15) is 31.7 Å². The Kier molecular flexibility index (Phi) is 4.91. The molecule has 0 saturated carbocycles. The highest BCUT2D eigenvalue weighted by Gasteiger charge is 2.26. The lowest BCUT2D eigenvalue weighted by Gasteiger charge is -2.27. The standard InChI is InChI=1S/C17H20N2O3S/c1-2-22-14-10-12(6-7-13(14)20)11-15-16(21)18-17(23-15)19-8-4-3-5-9-19/h6-7,10-11,20H,2-5,8-9H2,1H3. The second-order valence-electron chi connectivity index (χ2n) is 5.52. The minimum Gasteiger partial charge on any atom is -0.504 e. The van der Waals surface area contributed by atoms with Crippen LogP contribution in [0.5, 0.6) is 11.5 Å². The SMILES string of the molecule is CCOc1cc(C=C2SC(N3CCCCC3)=NC2=O)ccc1O. The van der Waals surface area contributed by atoms with Crippen molar-refractivity contribution < 1.29 is 14.6 Å². The van der Waals surface area contributed by atoms with E-state index in [4.69, 9.17) is 4.74 Å². The van der Waals surface area contributed by atoms with Gasteiger partial charge in [-0.3, -0.25) is 4.79 Å². The van der Waals surface area contributed by atoms with E-state index in [1.54, 1.807) is 24.3 Å². The third-order valence-corrected chi connectivity index (χ3v) is 4.86. The van der Waals surface area contributed by atoms with E-state index in [1.807, 2.05) is 6.92 Å². The van der Waals surface area contributed by atoms with E-state index in [0.717, 1.165) is 36.7 Å². The van der Waals surface area contributed by atoms with Gasteiger partial charge in [-0.25, -0.2) is 0 Å². The van der Waals surface area contributed by atoms with Gasteiger partial charge in [0.1, 0.15) is 0 Å². The predicted molar refractivity (Wildman–Crippen MR) is 92.7 cm³/mol. The van der Waals surface area contributed by atoms with E-state index >= 15 is 0 Å². The number of ether oxygens (including phenoxy) is 1. The number of aromatic hydroxyl groups is 1. The molecule has 23 heavy (non-hydrogen) atoms. The monoisotopic (exact) mass is 332 g/mol. The van der Waals surface area contributed by atoms with Crippen molar-refractivity contribution in [1.29, 1.82) is 0 Å². The number of carbonyl (C=O) groups excluding carboxylic acids is 1. The first-order valence-corrected chi connectivity index (χ1v) is 8.72. The van der Waals surface area contributed by atoms with Gasteiger partial charge in [-0.05, 0) is 61.7 Å². The second-order valence-corrected chi connectivity index (χ2v) is 6.53. The summed E-state index contributed by atoms with van der Waals surface area (Å²) in [7, 11) is 0. The van der Waals surface area contributed by atoms with E-state index in [1.165, 1.54) is 18.2 Å². The summed E-state index contributed by atoms with van der Waals surface area (Å²) in [6.45, 7) is 4.28. The summed E-state index contributed by atoms with van der Waals surface area (Å²) in [6, 6.07) is 5.07. The molecule has 0 aliphatic carbocycles. The molecular weight excluding hydrogens is 312 g/mol. The molecule has 0 aromatic heterocycles. The minimum atomic E-state index is -0.193. The summed E-state index contributed by atoms with van der Waals surface area (Å²) >= 11 is 1.43. The van der Waals surface area contributed by atoms with Gasteiger partial charge in [-0.15, -0.1) is 0 Å². The average molecular weight is 332 g/mol. The number of hydrogen-bond donors (Lipinski definition) is 1. The molecule has 0 spiro atoms. The highest BCUT2D eigenvalue weighted by molar-refractivity contribution is 8.18. The molecular formula is C17H20N2O3S. The van der Waals surface area contributed by atoms with Crippen molar-refractivity contribution in [2.75, 3.05) is 19.7 Å². The van der Waals surface area contributed by atoms with Gasteiger partial charge >= 0.3 is 0 Å². The fourth-order valence-electron chi connectivity index (χ4n) is 2.66. The zero-order valence-corrected chi connectivity index (χ0v) is 13.9. The maximum Gasteiger partial charge on any atom is 0.286 e. The maximum atomic E-state index is 12.1. The number of phenolic OH excluding ortho intramolecular Hbond substituents is 1. The van der Waals surface area contributed by atoms with Gasteiger partial charge in [0, 0.05) is 13.1 Å². The Morgan fingerprint density at radius 2 is 2.13 bits per heavy atom. The van der Waals surface area contributed by atoms with Crippen LogP contribution in [0.4, 0.5) is 0 Å². The Labute approximate surface area is 140 Å². The van der Waals surface area contributed by atoms with Crippen LogP contribution in [-0.4, -0.2) is 40.8 Å². The van der Waals surface area contributed by atoms with E-state index in [9.17, 15) is 9.90 Å². The van der Waals surface area contributed by atoms with Crippen molar-refractivity contribution in [1.82, 2.24) is 4.90 Å². The maximum absolute atomic E-state index is 12.1. The smallest absolute Gasteiger partial charge is 0.286 e. The first-order valence-electron chi connectivity index (χ1n) is 7.90. The van der Waals surface area contributed by atoms with E-state index in [0.29, 0.717) is 17.3 Å². The van der Waals surface area contributed by atoms with Crippen molar-refractivity contribution in [3.05, 3.63) is 28.7 Å². The molecule has 1 N–H and O–H groups in total. The lowest BCUT2D eigenvalue weighted by atomic mass is 10.1. The van der Waals surface area contributed by atoms with Crippen molar-refractivity contribution in [2.24, 2.45) is 4.99 Å². The van der Waals surface area contributed by atoms with Crippen LogP contribution in [-0.2, 0) is 4.79 Å². The fourth-order valence-corrected chi connectivity index (χ4v) is 3.63. The lowest BCUT2D eigenvalue weighted by Crippen LogP contribution is -2.33. The molecule has 0 radical (unpaired) electrons. The van der Waals surface area contributed by atoms with Gasteiger partial charge in [0.25, 0.3) is 5.91 Å². The van der Waals surface area contributed by atoms with Crippen LogP contribution in [0.3, 0.4) is 0 Å². The number of amides is 1. The third kappa shape index (κ3) is 3.69. The number of piperidine rings is 1. The number of phenols is 1. The van der Waals surface area contributed by atoms with Crippen molar-refractivity contribution in [3.63, 3.8) is 0 Å². The molecule has 0 unspecified atom stereocenters. The quantitative estimate of drug-likeness (QED) is 0.861. The molecule has 2 aliphatic rings. The lowest BCUT2D eigenvalue weighted by molar-refractivity contribution is -0.113. The first-order chi connectivity index (χ1) is 11.2. The predicted octanol–water partition coefficient (Wildman–Crippen LogP) is 3.25. The number of thioether (sulfide) groups is 1. The highest BCUT2D eigenvalue weighted by atomic mass is 32.2. The van der Waals surface area contributed by atoms with E-state index in [2.05, 4.69) is 9.89 Å². The summed E-state index contributed by atoms with van der Waals surface area (Å²) in [5.41, 5.74) is 0.817. The van der Waals surface area contributed by atoms with Gasteiger partial charge in [-0.1, -0.05) is 6.07 Å². The first kappa shape index (κ1) is 15.9. The molecule has 6 heteroatoms. The number of hydrogen-bond acceptors (Lipinski definition) is 5. The molecule has 1 aromatic rings.